The molecule has 0 spiro atoms. The van der Waals surface area contributed by atoms with E-state index in [4.69, 9.17) is 4.74 Å². The lowest BCUT2D eigenvalue weighted by molar-refractivity contribution is -0.138. The van der Waals surface area contributed by atoms with E-state index in [1.165, 1.54) is 0 Å². The second-order valence-corrected chi connectivity index (χ2v) is 8.25. The van der Waals surface area contributed by atoms with Crippen molar-refractivity contribution in [1.82, 2.24) is 0 Å². The normalized spacial score (nSPS) is 39.2. The number of rotatable bonds is 2. The summed E-state index contributed by atoms with van der Waals surface area (Å²) in [6, 6.07) is 0. The number of hydrogen-bond donors (Lipinski definition) is 0. The third-order valence-corrected chi connectivity index (χ3v) is 6.16. The molecule has 0 aromatic rings. The summed E-state index contributed by atoms with van der Waals surface area (Å²) in [4.78, 5) is 25.1. The van der Waals surface area contributed by atoms with Gasteiger partial charge < -0.3 is 4.74 Å². The number of hydrogen-bond acceptors (Lipinski definition) is 3. The predicted octanol–water partition coefficient (Wildman–Crippen LogP) is 4.00. The standard InChI is InChI=1S/C20H26O3/c1-6-12(2)10-15-16-13(18(22)23-15)11-14(21)17-19(3,4)8-7-9-20(16,17)5/h6,10-11,15-17H,1,7-9H2,2-5H3. The van der Waals surface area contributed by atoms with Crippen LogP contribution in [0.5, 0.6) is 0 Å². The Balaban J connectivity index is 2.13. The Bertz CT molecular complexity index is 637. The van der Waals surface area contributed by atoms with Gasteiger partial charge in [0.1, 0.15) is 6.10 Å². The molecule has 124 valence electrons. The molecule has 0 N–H and O–H groups in total. The van der Waals surface area contributed by atoms with Crippen molar-refractivity contribution in [2.24, 2.45) is 22.7 Å². The number of cyclic esters (lactones) is 1. The van der Waals surface area contributed by atoms with E-state index >= 15 is 0 Å². The van der Waals surface area contributed by atoms with Crippen molar-refractivity contribution >= 4 is 11.8 Å². The molecule has 3 nitrogen and oxygen atoms in total. The van der Waals surface area contributed by atoms with E-state index in [-0.39, 0.29) is 40.5 Å². The van der Waals surface area contributed by atoms with Gasteiger partial charge in [-0.05, 0) is 42.7 Å². The van der Waals surface area contributed by atoms with Gasteiger partial charge >= 0.3 is 5.97 Å². The maximum absolute atomic E-state index is 12.8. The van der Waals surface area contributed by atoms with Crippen molar-refractivity contribution < 1.29 is 14.3 Å². The molecule has 1 saturated carbocycles. The topological polar surface area (TPSA) is 43.4 Å². The Morgan fingerprint density at radius 2 is 2.00 bits per heavy atom. The number of carbonyl (C=O) groups excluding carboxylic acids is 2. The zero-order valence-electron chi connectivity index (χ0n) is 14.5. The third-order valence-electron chi connectivity index (χ3n) is 6.16. The van der Waals surface area contributed by atoms with E-state index in [0.29, 0.717) is 5.57 Å². The molecule has 0 aromatic carbocycles. The van der Waals surface area contributed by atoms with Gasteiger partial charge in [-0.2, -0.15) is 0 Å². The molecule has 3 heteroatoms. The summed E-state index contributed by atoms with van der Waals surface area (Å²) in [6.07, 6.45) is 8.13. The summed E-state index contributed by atoms with van der Waals surface area (Å²) in [5.74, 6) is -0.311. The number of esters is 1. The Morgan fingerprint density at radius 3 is 2.65 bits per heavy atom. The number of ether oxygens (including phenoxy) is 1. The van der Waals surface area contributed by atoms with Crippen LogP contribution in [0.4, 0.5) is 0 Å². The van der Waals surface area contributed by atoms with E-state index in [0.717, 1.165) is 24.8 Å². The zero-order chi connectivity index (χ0) is 17.0. The molecule has 2 aliphatic carbocycles. The highest BCUT2D eigenvalue weighted by Crippen LogP contribution is 2.61. The van der Waals surface area contributed by atoms with Crippen LogP contribution in [0.3, 0.4) is 0 Å². The van der Waals surface area contributed by atoms with Crippen LogP contribution in [0.2, 0.25) is 0 Å². The summed E-state index contributed by atoms with van der Waals surface area (Å²) in [5.41, 5.74) is 1.30. The lowest BCUT2D eigenvalue weighted by Crippen LogP contribution is -2.54. The highest BCUT2D eigenvalue weighted by Gasteiger charge is 2.61. The number of allylic oxidation sites excluding steroid dienone is 3. The van der Waals surface area contributed by atoms with Crippen LogP contribution in [0.15, 0.2) is 36.0 Å². The molecule has 2 fully saturated rings. The highest BCUT2D eigenvalue weighted by atomic mass is 16.6. The molecule has 0 bridgehead atoms. The highest BCUT2D eigenvalue weighted by molar-refractivity contribution is 6.04. The van der Waals surface area contributed by atoms with Gasteiger partial charge in [0, 0.05) is 17.4 Å². The molecule has 4 unspecified atom stereocenters. The first-order valence-electron chi connectivity index (χ1n) is 8.48. The maximum Gasteiger partial charge on any atom is 0.335 e. The van der Waals surface area contributed by atoms with E-state index in [1.54, 1.807) is 12.2 Å². The maximum atomic E-state index is 12.8. The average molecular weight is 314 g/mol. The van der Waals surface area contributed by atoms with Crippen molar-refractivity contribution in [1.29, 1.82) is 0 Å². The van der Waals surface area contributed by atoms with Crippen molar-refractivity contribution in [2.45, 2.75) is 53.1 Å². The van der Waals surface area contributed by atoms with E-state index in [2.05, 4.69) is 27.4 Å². The summed E-state index contributed by atoms with van der Waals surface area (Å²) in [6.45, 7) is 12.3. The van der Waals surface area contributed by atoms with Crippen LogP contribution in [0.1, 0.15) is 47.0 Å². The minimum atomic E-state index is -0.329. The molecule has 0 amide bonds. The second-order valence-electron chi connectivity index (χ2n) is 8.25. The smallest absolute Gasteiger partial charge is 0.335 e. The van der Waals surface area contributed by atoms with Crippen molar-refractivity contribution in [3.8, 4) is 0 Å². The zero-order valence-corrected chi connectivity index (χ0v) is 14.5. The third kappa shape index (κ3) is 2.32. The van der Waals surface area contributed by atoms with Gasteiger partial charge in [-0.15, -0.1) is 0 Å². The summed E-state index contributed by atoms with van der Waals surface area (Å²) in [5, 5.41) is 0. The van der Waals surface area contributed by atoms with Gasteiger partial charge in [-0.1, -0.05) is 45.4 Å². The van der Waals surface area contributed by atoms with Gasteiger partial charge in [-0.25, -0.2) is 4.79 Å². The van der Waals surface area contributed by atoms with Crippen LogP contribution in [0.25, 0.3) is 0 Å². The van der Waals surface area contributed by atoms with E-state index < -0.39 is 0 Å². The Morgan fingerprint density at radius 1 is 1.30 bits per heavy atom. The van der Waals surface area contributed by atoms with Crippen molar-refractivity contribution in [3.05, 3.63) is 36.0 Å². The van der Waals surface area contributed by atoms with Crippen LogP contribution in [-0.2, 0) is 14.3 Å². The minimum Gasteiger partial charge on any atom is -0.454 e. The Labute approximate surface area is 138 Å². The molecule has 1 heterocycles. The Hall–Kier alpha value is -1.64. The van der Waals surface area contributed by atoms with E-state index in [1.807, 2.05) is 13.0 Å². The van der Waals surface area contributed by atoms with Crippen LogP contribution in [0, 0.1) is 22.7 Å². The second kappa shape index (κ2) is 5.19. The van der Waals surface area contributed by atoms with Crippen molar-refractivity contribution in [2.75, 3.05) is 0 Å². The minimum absolute atomic E-state index is 0.0350. The quantitative estimate of drug-likeness (QED) is 0.571. The lowest BCUT2D eigenvalue weighted by atomic mass is 9.48. The van der Waals surface area contributed by atoms with Crippen molar-refractivity contribution in [3.63, 3.8) is 0 Å². The number of ketones is 1. The fraction of sp³-hybridized carbons (Fsp3) is 0.600. The predicted molar refractivity (Wildman–Crippen MR) is 89.6 cm³/mol. The van der Waals surface area contributed by atoms with Gasteiger partial charge in [0.15, 0.2) is 5.78 Å². The summed E-state index contributed by atoms with van der Waals surface area (Å²) >= 11 is 0. The fourth-order valence-electron chi connectivity index (χ4n) is 5.29. The van der Waals surface area contributed by atoms with Gasteiger partial charge in [0.05, 0.1) is 0 Å². The molecule has 3 aliphatic rings. The SMILES string of the molecule is C=CC(C)=CC1OC(=O)C2=CC(=O)C3C(C)(C)CCCC3(C)C21. The van der Waals surface area contributed by atoms with Gasteiger partial charge in [0.25, 0.3) is 0 Å². The number of carbonyl (C=O) groups is 2. The first-order chi connectivity index (χ1) is 10.7. The molecule has 1 saturated heterocycles. The Kier molecular flexibility index (Phi) is 3.66. The molecule has 0 aromatic heterocycles. The van der Waals surface area contributed by atoms with Gasteiger partial charge in [0.2, 0.25) is 0 Å². The first kappa shape index (κ1) is 16.2. The molecular formula is C20H26O3. The average Bonchev–Trinajstić information content (AvgIpc) is 2.74. The first-order valence-corrected chi connectivity index (χ1v) is 8.48. The number of fused-ring (bicyclic) bond motifs is 3. The fourth-order valence-corrected chi connectivity index (χ4v) is 5.29. The van der Waals surface area contributed by atoms with Crippen LogP contribution in [-0.4, -0.2) is 17.9 Å². The molecule has 23 heavy (non-hydrogen) atoms. The molecule has 0 radical (unpaired) electrons. The molecule has 3 rings (SSSR count). The monoisotopic (exact) mass is 314 g/mol. The lowest BCUT2D eigenvalue weighted by Gasteiger charge is -2.54. The molecule has 1 aliphatic heterocycles. The molecule has 4 atom stereocenters. The van der Waals surface area contributed by atoms with Crippen LogP contribution >= 0.6 is 0 Å². The summed E-state index contributed by atoms with van der Waals surface area (Å²) < 4.78 is 5.63. The summed E-state index contributed by atoms with van der Waals surface area (Å²) in [7, 11) is 0. The van der Waals surface area contributed by atoms with Crippen LogP contribution < -0.4 is 0 Å². The van der Waals surface area contributed by atoms with E-state index in [9.17, 15) is 9.59 Å². The molecular weight excluding hydrogens is 288 g/mol. The largest absolute Gasteiger partial charge is 0.454 e. The van der Waals surface area contributed by atoms with Gasteiger partial charge in [-0.3, -0.25) is 4.79 Å².